The SMILES string of the molecule is CCOC(=O)CN(c1nc(CC)cs1)C1CC1. The molecule has 0 amide bonds. The van der Waals surface area contributed by atoms with Crippen LogP contribution in [-0.4, -0.2) is 30.1 Å². The third-order valence-electron chi connectivity index (χ3n) is 2.74. The molecule has 1 aromatic heterocycles. The molecule has 2 rings (SSSR count). The summed E-state index contributed by atoms with van der Waals surface area (Å²) in [5.41, 5.74) is 1.10. The zero-order valence-corrected chi connectivity index (χ0v) is 11.1. The summed E-state index contributed by atoms with van der Waals surface area (Å²) >= 11 is 1.62. The number of hydrogen-bond donors (Lipinski definition) is 0. The van der Waals surface area contributed by atoms with Gasteiger partial charge in [0.1, 0.15) is 6.54 Å². The summed E-state index contributed by atoms with van der Waals surface area (Å²) in [6.07, 6.45) is 3.25. The first-order valence-corrected chi connectivity index (χ1v) is 6.99. The molecule has 4 nitrogen and oxygen atoms in total. The summed E-state index contributed by atoms with van der Waals surface area (Å²) in [7, 11) is 0. The topological polar surface area (TPSA) is 42.4 Å². The first kappa shape index (κ1) is 12.4. The van der Waals surface area contributed by atoms with Crippen LogP contribution in [0.15, 0.2) is 5.38 Å². The van der Waals surface area contributed by atoms with Crippen molar-refractivity contribution in [3.8, 4) is 0 Å². The normalized spacial score (nSPS) is 14.7. The minimum Gasteiger partial charge on any atom is -0.465 e. The number of rotatable bonds is 6. The van der Waals surface area contributed by atoms with E-state index in [1.165, 1.54) is 0 Å². The van der Waals surface area contributed by atoms with Crippen LogP contribution in [0.3, 0.4) is 0 Å². The van der Waals surface area contributed by atoms with Gasteiger partial charge in [0.15, 0.2) is 5.13 Å². The van der Waals surface area contributed by atoms with E-state index in [9.17, 15) is 4.79 Å². The van der Waals surface area contributed by atoms with Crippen LogP contribution in [0.2, 0.25) is 0 Å². The molecule has 1 aromatic rings. The number of thiazole rings is 1. The minimum absolute atomic E-state index is 0.160. The zero-order chi connectivity index (χ0) is 12.3. The number of aromatic nitrogens is 1. The Bertz CT molecular complexity index is 388. The van der Waals surface area contributed by atoms with Gasteiger partial charge >= 0.3 is 5.97 Å². The summed E-state index contributed by atoms with van der Waals surface area (Å²) in [6, 6.07) is 0.482. The molecule has 5 heteroatoms. The maximum Gasteiger partial charge on any atom is 0.325 e. The van der Waals surface area contributed by atoms with Crippen molar-refractivity contribution in [2.75, 3.05) is 18.1 Å². The maximum absolute atomic E-state index is 11.5. The Hall–Kier alpha value is -1.10. The Morgan fingerprint density at radius 1 is 1.59 bits per heavy atom. The number of ether oxygens (including phenoxy) is 1. The lowest BCUT2D eigenvalue weighted by molar-refractivity contribution is -0.141. The van der Waals surface area contributed by atoms with Crippen LogP contribution in [0, 0.1) is 0 Å². The van der Waals surface area contributed by atoms with Crippen LogP contribution >= 0.6 is 11.3 Å². The molecule has 0 atom stereocenters. The van der Waals surface area contributed by atoms with Gasteiger partial charge in [-0.2, -0.15) is 0 Å². The quantitative estimate of drug-likeness (QED) is 0.730. The van der Waals surface area contributed by atoms with E-state index in [1.54, 1.807) is 11.3 Å². The highest BCUT2D eigenvalue weighted by Crippen LogP contribution is 2.33. The Kier molecular flexibility index (Phi) is 3.99. The van der Waals surface area contributed by atoms with E-state index in [1.807, 2.05) is 6.92 Å². The Balaban J connectivity index is 2.03. The predicted octanol–water partition coefficient (Wildman–Crippen LogP) is 2.24. The first-order valence-electron chi connectivity index (χ1n) is 6.11. The summed E-state index contributed by atoms with van der Waals surface area (Å²) in [6.45, 7) is 4.69. The Labute approximate surface area is 106 Å². The van der Waals surface area contributed by atoms with Gasteiger partial charge in [-0.1, -0.05) is 6.92 Å². The smallest absolute Gasteiger partial charge is 0.325 e. The number of aryl methyl sites for hydroxylation is 1. The molecule has 0 aromatic carbocycles. The lowest BCUT2D eigenvalue weighted by atomic mass is 10.4. The van der Waals surface area contributed by atoms with E-state index < -0.39 is 0 Å². The van der Waals surface area contributed by atoms with Crippen molar-refractivity contribution in [3.05, 3.63) is 11.1 Å². The number of esters is 1. The molecule has 0 N–H and O–H groups in total. The van der Waals surface area contributed by atoms with E-state index in [0.717, 1.165) is 30.1 Å². The fraction of sp³-hybridized carbons (Fsp3) is 0.667. The highest BCUT2D eigenvalue weighted by atomic mass is 32.1. The summed E-state index contributed by atoms with van der Waals surface area (Å²) in [5, 5.41) is 3.02. The number of carbonyl (C=O) groups excluding carboxylic acids is 1. The third kappa shape index (κ3) is 3.19. The standard InChI is InChI=1S/C12H18N2O2S/c1-3-9-8-17-12(13-9)14(10-5-6-10)7-11(15)16-4-2/h8,10H,3-7H2,1-2H3. The van der Waals surface area contributed by atoms with Crippen molar-refractivity contribution in [2.45, 2.75) is 39.2 Å². The highest BCUT2D eigenvalue weighted by molar-refractivity contribution is 7.13. The van der Waals surface area contributed by atoms with Crippen molar-refractivity contribution in [3.63, 3.8) is 0 Å². The van der Waals surface area contributed by atoms with Crippen molar-refractivity contribution in [1.29, 1.82) is 0 Å². The molecule has 1 aliphatic rings. The molecular formula is C12H18N2O2S. The van der Waals surface area contributed by atoms with Gasteiger partial charge in [-0.15, -0.1) is 11.3 Å². The second-order valence-electron chi connectivity index (χ2n) is 4.14. The van der Waals surface area contributed by atoms with Gasteiger partial charge in [0.05, 0.1) is 12.3 Å². The van der Waals surface area contributed by atoms with Gasteiger partial charge in [-0.05, 0) is 26.2 Å². The average molecular weight is 254 g/mol. The zero-order valence-electron chi connectivity index (χ0n) is 10.3. The van der Waals surface area contributed by atoms with Gasteiger partial charge in [-0.3, -0.25) is 4.79 Å². The van der Waals surface area contributed by atoms with Crippen molar-refractivity contribution in [1.82, 2.24) is 4.98 Å². The van der Waals surface area contributed by atoms with Gasteiger partial charge in [0, 0.05) is 11.4 Å². The molecule has 1 saturated carbocycles. The molecule has 1 aliphatic carbocycles. The van der Waals surface area contributed by atoms with E-state index in [2.05, 4.69) is 22.2 Å². The fourth-order valence-corrected chi connectivity index (χ4v) is 2.66. The molecule has 0 spiro atoms. The first-order chi connectivity index (χ1) is 8.24. The minimum atomic E-state index is -0.160. The maximum atomic E-state index is 11.5. The lowest BCUT2D eigenvalue weighted by Gasteiger charge is -2.19. The van der Waals surface area contributed by atoms with Crippen LogP contribution in [0.25, 0.3) is 0 Å². The second-order valence-corrected chi connectivity index (χ2v) is 4.98. The van der Waals surface area contributed by atoms with Crippen LogP contribution in [0.4, 0.5) is 5.13 Å². The molecule has 17 heavy (non-hydrogen) atoms. The van der Waals surface area contributed by atoms with Crippen molar-refractivity contribution < 1.29 is 9.53 Å². The largest absolute Gasteiger partial charge is 0.465 e. The summed E-state index contributed by atoms with van der Waals surface area (Å²) in [4.78, 5) is 18.2. The van der Waals surface area contributed by atoms with Crippen LogP contribution in [0.1, 0.15) is 32.4 Å². The molecule has 0 unspecified atom stereocenters. The van der Waals surface area contributed by atoms with E-state index in [4.69, 9.17) is 4.74 Å². The van der Waals surface area contributed by atoms with Crippen LogP contribution < -0.4 is 4.90 Å². The van der Waals surface area contributed by atoms with E-state index in [0.29, 0.717) is 19.2 Å². The lowest BCUT2D eigenvalue weighted by Crippen LogP contribution is -2.32. The molecule has 0 saturated heterocycles. The molecule has 1 fully saturated rings. The molecule has 0 bridgehead atoms. The Morgan fingerprint density at radius 3 is 2.88 bits per heavy atom. The molecule has 94 valence electrons. The Morgan fingerprint density at radius 2 is 2.35 bits per heavy atom. The predicted molar refractivity (Wildman–Crippen MR) is 68.5 cm³/mol. The van der Waals surface area contributed by atoms with E-state index >= 15 is 0 Å². The van der Waals surface area contributed by atoms with Crippen molar-refractivity contribution in [2.24, 2.45) is 0 Å². The number of anilines is 1. The highest BCUT2D eigenvalue weighted by Gasteiger charge is 2.32. The van der Waals surface area contributed by atoms with Crippen molar-refractivity contribution >= 4 is 22.4 Å². The molecule has 0 aliphatic heterocycles. The third-order valence-corrected chi connectivity index (χ3v) is 3.67. The summed E-state index contributed by atoms with van der Waals surface area (Å²) < 4.78 is 5.00. The summed E-state index contributed by atoms with van der Waals surface area (Å²) in [5.74, 6) is -0.160. The monoisotopic (exact) mass is 254 g/mol. The van der Waals surface area contributed by atoms with Gasteiger partial charge in [-0.25, -0.2) is 4.98 Å². The van der Waals surface area contributed by atoms with E-state index in [-0.39, 0.29) is 5.97 Å². The molecule has 0 radical (unpaired) electrons. The van der Waals surface area contributed by atoms with Gasteiger partial charge < -0.3 is 9.64 Å². The van der Waals surface area contributed by atoms with Crippen LogP contribution in [0.5, 0.6) is 0 Å². The number of carbonyl (C=O) groups is 1. The molecular weight excluding hydrogens is 236 g/mol. The molecule has 1 heterocycles. The fourth-order valence-electron chi connectivity index (χ4n) is 1.68. The van der Waals surface area contributed by atoms with Gasteiger partial charge in [0.25, 0.3) is 0 Å². The van der Waals surface area contributed by atoms with Gasteiger partial charge in [0.2, 0.25) is 0 Å². The number of nitrogens with zero attached hydrogens (tertiary/aromatic N) is 2. The number of hydrogen-bond acceptors (Lipinski definition) is 5. The second kappa shape index (κ2) is 5.49. The average Bonchev–Trinajstić information content (AvgIpc) is 3.04. The van der Waals surface area contributed by atoms with Crippen LogP contribution in [-0.2, 0) is 16.0 Å².